The number of benzene rings is 1. The first kappa shape index (κ1) is 22.1. The average molecular weight is 451 g/mol. The Morgan fingerprint density at radius 2 is 1.83 bits per heavy atom. The lowest BCUT2D eigenvalue weighted by molar-refractivity contribution is -0.131. The van der Waals surface area contributed by atoms with Crippen LogP contribution in [0, 0.1) is 5.92 Å². The summed E-state index contributed by atoms with van der Waals surface area (Å²) in [6.45, 7) is 1.40. The topological polar surface area (TPSA) is 93.7 Å². The molecule has 1 unspecified atom stereocenters. The predicted molar refractivity (Wildman–Crippen MR) is 114 cm³/mol. The van der Waals surface area contributed by atoms with Crippen molar-refractivity contribution in [3.8, 4) is 5.75 Å². The molecule has 0 bridgehead atoms. The summed E-state index contributed by atoms with van der Waals surface area (Å²) >= 11 is 7.20. The van der Waals surface area contributed by atoms with Gasteiger partial charge in [0.15, 0.2) is 13.2 Å². The maximum Gasteiger partial charge on any atom is 0.348 e. The summed E-state index contributed by atoms with van der Waals surface area (Å²) in [6, 6.07) is 8.39. The van der Waals surface area contributed by atoms with Crippen LogP contribution in [0.4, 0.5) is 0 Å². The highest BCUT2D eigenvalue weighted by atomic mass is 35.5. The summed E-state index contributed by atoms with van der Waals surface area (Å²) in [7, 11) is 0. The zero-order chi connectivity index (χ0) is 21.5. The number of hydrogen-bond donors (Lipinski definition) is 2. The van der Waals surface area contributed by atoms with Crippen LogP contribution in [0.1, 0.15) is 39.9 Å². The highest BCUT2D eigenvalue weighted by Gasteiger charge is 2.23. The number of nitrogens with one attached hydrogen (secondary N) is 2. The third kappa shape index (κ3) is 6.21. The molecule has 1 atom stereocenters. The van der Waals surface area contributed by atoms with E-state index in [0.717, 1.165) is 25.7 Å². The minimum absolute atomic E-state index is 0.290. The molecule has 1 aromatic carbocycles. The summed E-state index contributed by atoms with van der Waals surface area (Å²) in [5, 5.41) is 0.557. The SMILES string of the molecule is CCC1CCc2sc(C(=O)OCC(=O)NNC(=O)COc3ccc(Cl)cc3)cc2C1. The van der Waals surface area contributed by atoms with E-state index in [1.54, 1.807) is 24.3 Å². The molecule has 9 heteroatoms. The smallest absolute Gasteiger partial charge is 0.348 e. The van der Waals surface area contributed by atoms with Crippen LogP contribution >= 0.6 is 22.9 Å². The first-order chi connectivity index (χ1) is 14.4. The number of fused-ring (bicyclic) bond motifs is 1. The number of thiophene rings is 1. The Bertz CT molecular complexity index is 913. The molecule has 1 aromatic heterocycles. The van der Waals surface area contributed by atoms with Gasteiger partial charge in [-0.25, -0.2) is 4.79 Å². The fourth-order valence-corrected chi connectivity index (χ4v) is 4.37. The molecule has 0 saturated heterocycles. The molecule has 1 aliphatic rings. The second kappa shape index (κ2) is 10.4. The van der Waals surface area contributed by atoms with E-state index in [9.17, 15) is 14.4 Å². The van der Waals surface area contributed by atoms with Gasteiger partial charge >= 0.3 is 5.97 Å². The third-order valence-corrected chi connectivity index (χ3v) is 6.29. The van der Waals surface area contributed by atoms with Crippen molar-refractivity contribution >= 4 is 40.7 Å². The first-order valence-electron chi connectivity index (χ1n) is 9.69. The normalized spacial score (nSPS) is 15.1. The van der Waals surface area contributed by atoms with Gasteiger partial charge in [0.05, 0.1) is 0 Å². The van der Waals surface area contributed by atoms with Crippen molar-refractivity contribution in [3.05, 3.63) is 50.7 Å². The second-order valence-electron chi connectivity index (χ2n) is 6.99. The van der Waals surface area contributed by atoms with Gasteiger partial charge in [-0.05, 0) is 61.1 Å². The molecule has 0 fully saturated rings. The Balaban J connectivity index is 1.37. The van der Waals surface area contributed by atoms with E-state index in [-0.39, 0.29) is 6.61 Å². The number of ether oxygens (including phenoxy) is 2. The second-order valence-corrected chi connectivity index (χ2v) is 8.56. The van der Waals surface area contributed by atoms with Gasteiger partial charge in [0.1, 0.15) is 10.6 Å². The van der Waals surface area contributed by atoms with Gasteiger partial charge in [0, 0.05) is 9.90 Å². The highest BCUT2D eigenvalue weighted by molar-refractivity contribution is 7.14. The van der Waals surface area contributed by atoms with Crippen LogP contribution in [0.25, 0.3) is 0 Å². The van der Waals surface area contributed by atoms with Gasteiger partial charge in [-0.3, -0.25) is 20.4 Å². The largest absolute Gasteiger partial charge is 0.484 e. The Hall–Kier alpha value is -2.58. The van der Waals surface area contributed by atoms with Crippen LogP contribution in [-0.4, -0.2) is 31.0 Å². The third-order valence-electron chi connectivity index (χ3n) is 4.82. The molecular weight excluding hydrogens is 428 g/mol. The highest BCUT2D eigenvalue weighted by Crippen LogP contribution is 2.33. The quantitative estimate of drug-likeness (QED) is 0.498. The first-order valence-corrected chi connectivity index (χ1v) is 10.9. The zero-order valence-corrected chi connectivity index (χ0v) is 18.1. The van der Waals surface area contributed by atoms with E-state index in [1.165, 1.54) is 21.8 Å². The maximum atomic E-state index is 12.2. The number of hydrogen-bond acceptors (Lipinski definition) is 6. The van der Waals surface area contributed by atoms with Gasteiger partial charge in [-0.1, -0.05) is 24.9 Å². The summed E-state index contributed by atoms with van der Waals surface area (Å²) < 4.78 is 10.3. The van der Waals surface area contributed by atoms with Crippen molar-refractivity contribution < 1.29 is 23.9 Å². The van der Waals surface area contributed by atoms with E-state index in [2.05, 4.69) is 17.8 Å². The standard InChI is InChI=1S/C21H23ClN2O5S/c1-2-13-3-8-17-14(9-13)10-18(30-17)21(27)29-12-20(26)24-23-19(25)11-28-16-6-4-15(22)5-7-16/h4-7,10,13H,2-3,8-9,11-12H2,1H3,(H,23,25)(H,24,26). The molecular formula is C21H23ClN2O5S. The lowest BCUT2D eigenvalue weighted by Gasteiger charge is -2.19. The minimum Gasteiger partial charge on any atom is -0.484 e. The van der Waals surface area contributed by atoms with Gasteiger partial charge in [0.2, 0.25) is 0 Å². The Kier molecular flexibility index (Phi) is 7.70. The van der Waals surface area contributed by atoms with Gasteiger partial charge in [-0.15, -0.1) is 11.3 Å². The Morgan fingerprint density at radius 3 is 2.53 bits per heavy atom. The molecule has 0 radical (unpaired) electrons. The average Bonchev–Trinajstić information content (AvgIpc) is 3.19. The Morgan fingerprint density at radius 1 is 1.13 bits per heavy atom. The molecule has 160 valence electrons. The van der Waals surface area contributed by atoms with E-state index in [4.69, 9.17) is 21.1 Å². The number of carbonyl (C=O) groups is 3. The van der Waals surface area contributed by atoms with E-state index >= 15 is 0 Å². The number of halogens is 1. The van der Waals surface area contributed by atoms with Crippen LogP contribution in [0.2, 0.25) is 5.02 Å². The van der Waals surface area contributed by atoms with Crippen LogP contribution in [0.15, 0.2) is 30.3 Å². The van der Waals surface area contributed by atoms with Crippen molar-refractivity contribution in [2.24, 2.45) is 5.92 Å². The molecule has 2 N–H and O–H groups in total. The Labute approximate surface area is 183 Å². The molecule has 0 spiro atoms. The molecule has 3 rings (SSSR count). The van der Waals surface area contributed by atoms with E-state index in [1.807, 2.05) is 6.07 Å². The molecule has 1 heterocycles. The van der Waals surface area contributed by atoms with Crippen LogP contribution in [0.3, 0.4) is 0 Å². The van der Waals surface area contributed by atoms with Gasteiger partial charge < -0.3 is 9.47 Å². The van der Waals surface area contributed by atoms with Gasteiger partial charge in [0.25, 0.3) is 11.8 Å². The lowest BCUT2D eigenvalue weighted by Crippen LogP contribution is -2.45. The lowest BCUT2D eigenvalue weighted by atomic mass is 9.87. The predicted octanol–water partition coefficient (Wildman–Crippen LogP) is 3.30. The fraction of sp³-hybridized carbons (Fsp3) is 0.381. The van der Waals surface area contributed by atoms with Crippen molar-refractivity contribution in [2.75, 3.05) is 13.2 Å². The van der Waals surface area contributed by atoms with Crippen molar-refractivity contribution in [3.63, 3.8) is 0 Å². The molecule has 2 amide bonds. The van der Waals surface area contributed by atoms with Crippen LogP contribution in [-0.2, 0) is 27.2 Å². The summed E-state index contributed by atoms with van der Waals surface area (Å²) in [6.07, 6.45) is 4.24. The minimum atomic E-state index is -0.643. The summed E-state index contributed by atoms with van der Waals surface area (Å²) in [5.74, 6) is -0.598. The van der Waals surface area contributed by atoms with Crippen LogP contribution in [0.5, 0.6) is 5.75 Å². The molecule has 30 heavy (non-hydrogen) atoms. The van der Waals surface area contributed by atoms with E-state index < -0.39 is 24.4 Å². The number of esters is 1. The number of amides is 2. The summed E-state index contributed by atoms with van der Waals surface area (Å²) in [5.41, 5.74) is 5.59. The number of carbonyl (C=O) groups excluding carboxylic acids is 3. The molecule has 0 aliphatic heterocycles. The number of rotatable bonds is 7. The monoisotopic (exact) mass is 450 g/mol. The van der Waals surface area contributed by atoms with E-state index in [0.29, 0.717) is 21.6 Å². The molecule has 0 saturated carbocycles. The molecule has 7 nitrogen and oxygen atoms in total. The summed E-state index contributed by atoms with van der Waals surface area (Å²) in [4.78, 5) is 37.5. The fourth-order valence-electron chi connectivity index (χ4n) is 3.14. The van der Waals surface area contributed by atoms with Crippen molar-refractivity contribution in [1.82, 2.24) is 10.9 Å². The maximum absolute atomic E-state index is 12.2. The van der Waals surface area contributed by atoms with Gasteiger partial charge in [-0.2, -0.15) is 0 Å². The molecule has 2 aromatic rings. The van der Waals surface area contributed by atoms with Crippen molar-refractivity contribution in [1.29, 1.82) is 0 Å². The van der Waals surface area contributed by atoms with Crippen LogP contribution < -0.4 is 15.6 Å². The van der Waals surface area contributed by atoms with Crippen molar-refractivity contribution in [2.45, 2.75) is 32.6 Å². The number of aryl methyl sites for hydroxylation is 1. The zero-order valence-electron chi connectivity index (χ0n) is 16.5. The molecule has 1 aliphatic carbocycles. The number of hydrazine groups is 1.